The number of para-hydroxylation sites is 1. The molecule has 4 rings (SSSR count). The normalized spacial score (nSPS) is 14.9. The van der Waals surface area contributed by atoms with Crippen molar-refractivity contribution in [3.05, 3.63) is 89.4 Å². The summed E-state index contributed by atoms with van der Waals surface area (Å²) in [6, 6.07) is 17.5. The maximum absolute atomic E-state index is 12.6. The van der Waals surface area contributed by atoms with Gasteiger partial charge in [0, 0.05) is 0 Å². The molecule has 3 aromatic rings. The van der Waals surface area contributed by atoms with Crippen LogP contribution in [0, 0.1) is 0 Å². The lowest BCUT2D eigenvalue weighted by molar-refractivity contribution is -0.125. The molecule has 1 aliphatic rings. The molecule has 2 N–H and O–H groups in total. The van der Waals surface area contributed by atoms with Crippen molar-refractivity contribution in [1.29, 1.82) is 0 Å². The Bertz CT molecular complexity index is 1090. The van der Waals surface area contributed by atoms with E-state index in [1.54, 1.807) is 24.3 Å². The molecular weight excluding hydrogens is 396 g/mol. The summed E-state index contributed by atoms with van der Waals surface area (Å²) in [4.78, 5) is 37.2. The molecule has 1 heterocycles. The number of furan rings is 1. The summed E-state index contributed by atoms with van der Waals surface area (Å²) in [6.45, 7) is -0.405. The Balaban J connectivity index is 1.36. The zero-order valence-corrected chi connectivity index (χ0v) is 16.8. The molecule has 2 aromatic carbocycles. The van der Waals surface area contributed by atoms with Crippen molar-refractivity contribution >= 4 is 23.5 Å². The van der Waals surface area contributed by atoms with Gasteiger partial charge < -0.3 is 19.8 Å². The van der Waals surface area contributed by atoms with Crippen molar-refractivity contribution < 1.29 is 23.5 Å². The monoisotopic (exact) mass is 418 g/mol. The quantitative estimate of drug-likeness (QED) is 0.592. The summed E-state index contributed by atoms with van der Waals surface area (Å²) >= 11 is 0. The molecule has 7 heteroatoms. The highest BCUT2D eigenvalue weighted by Gasteiger charge is 2.22. The average molecular weight is 418 g/mol. The number of nitrogens with one attached hydrogen (secondary N) is 2. The van der Waals surface area contributed by atoms with E-state index in [-0.39, 0.29) is 29.0 Å². The Morgan fingerprint density at radius 2 is 1.81 bits per heavy atom. The van der Waals surface area contributed by atoms with Crippen molar-refractivity contribution in [3.8, 4) is 0 Å². The van der Waals surface area contributed by atoms with Gasteiger partial charge in [-0.1, -0.05) is 36.4 Å². The van der Waals surface area contributed by atoms with Crippen molar-refractivity contribution in [1.82, 2.24) is 5.32 Å². The maximum Gasteiger partial charge on any atom is 0.340 e. The number of ether oxygens (including phenoxy) is 1. The van der Waals surface area contributed by atoms with Crippen molar-refractivity contribution in [2.24, 2.45) is 0 Å². The van der Waals surface area contributed by atoms with E-state index in [0.717, 1.165) is 24.8 Å². The molecule has 0 fully saturated rings. The molecule has 31 heavy (non-hydrogen) atoms. The second-order valence-corrected chi connectivity index (χ2v) is 7.26. The standard InChI is InChI=1S/C24H22N2O5/c27-22(25-19-12-5-8-16-7-1-2-9-17(16)19)15-31-24(29)18-10-3-4-11-20(18)26-23(28)21-13-6-14-30-21/h1-4,6-7,9-11,13-14,19H,5,8,12,15H2,(H,25,27)(H,26,28). The summed E-state index contributed by atoms with van der Waals surface area (Å²) in [5.74, 6) is -1.43. The highest BCUT2D eigenvalue weighted by molar-refractivity contribution is 6.06. The molecule has 1 aliphatic carbocycles. The van der Waals surface area contributed by atoms with Crippen LogP contribution in [0.3, 0.4) is 0 Å². The third kappa shape index (κ3) is 4.83. The molecule has 1 atom stereocenters. The van der Waals surface area contributed by atoms with Gasteiger partial charge in [0.05, 0.1) is 23.6 Å². The molecule has 1 aromatic heterocycles. The zero-order valence-electron chi connectivity index (χ0n) is 16.8. The molecule has 7 nitrogen and oxygen atoms in total. The van der Waals surface area contributed by atoms with Crippen molar-refractivity contribution in [2.75, 3.05) is 11.9 Å². The fourth-order valence-electron chi connectivity index (χ4n) is 3.71. The molecule has 0 bridgehead atoms. The van der Waals surface area contributed by atoms with E-state index in [0.29, 0.717) is 0 Å². The van der Waals surface area contributed by atoms with E-state index < -0.39 is 18.5 Å². The first-order valence-corrected chi connectivity index (χ1v) is 10.1. The number of anilines is 1. The molecule has 0 spiro atoms. The number of carbonyl (C=O) groups excluding carboxylic acids is 3. The Labute approximate surface area is 179 Å². The van der Waals surface area contributed by atoms with E-state index in [1.807, 2.05) is 18.2 Å². The van der Waals surface area contributed by atoms with Crippen LogP contribution in [-0.2, 0) is 16.0 Å². The van der Waals surface area contributed by atoms with Gasteiger partial charge in [-0.2, -0.15) is 0 Å². The van der Waals surface area contributed by atoms with Gasteiger partial charge in [-0.05, 0) is 54.7 Å². The van der Waals surface area contributed by atoms with Gasteiger partial charge in [-0.25, -0.2) is 4.79 Å². The summed E-state index contributed by atoms with van der Waals surface area (Å²) in [5.41, 5.74) is 2.77. The Morgan fingerprint density at radius 3 is 2.65 bits per heavy atom. The van der Waals surface area contributed by atoms with Gasteiger partial charge >= 0.3 is 5.97 Å². The van der Waals surface area contributed by atoms with Crippen LogP contribution in [0.5, 0.6) is 0 Å². The molecule has 1 unspecified atom stereocenters. The first kappa shape index (κ1) is 20.4. The number of hydrogen-bond donors (Lipinski definition) is 2. The Hall–Kier alpha value is -3.87. The summed E-state index contributed by atoms with van der Waals surface area (Å²) in [5, 5.41) is 5.57. The topological polar surface area (TPSA) is 97.6 Å². The lowest BCUT2D eigenvalue weighted by atomic mass is 9.88. The number of fused-ring (bicyclic) bond motifs is 1. The second kappa shape index (κ2) is 9.30. The Morgan fingerprint density at radius 1 is 1.00 bits per heavy atom. The van der Waals surface area contributed by atoms with Crippen LogP contribution in [0.25, 0.3) is 0 Å². The number of aryl methyl sites for hydroxylation is 1. The molecule has 0 saturated carbocycles. The average Bonchev–Trinajstić information content (AvgIpc) is 3.33. The Kier molecular flexibility index (Phi) is 6.12. The summed E-state index contributed by atoms with van der Waals surface area (Å²) in [7, 11) is 0. The molecule has 2 amide bonds. The highest BCUT2D eigenvalue weighted by atomic mass is 16.5. The van der Waals surface area contributed by atoms with Crippen molar-refractivity contribution in [2.45, 2.75) is 25.3 Å². The largest absolute Gasteiger partial charge is 0.459 e. The number of benzene rings is 2. The third-order valence-electron chi connectivity index (χ3n) is 5.18. The van der Waals surface area contributed by atoms with Crippen LogP contribution < -0.4 is 10.6 Å². The molecule has 0 radical (unpaired) electrons. The minimum Gasteiger partial charge on any atom is -0.459 e. The first-order chi connectivity index (χ1) is 15.1. The number of amides is 2. The lowest BCUT2D eigenvalue weighted by Gasteiger charge is -2.26. The first-order valence-electron chi connectivity index (χ1n) is 10.1. The van der Waals surface area contributed by atoms with E-state index in [2.05, 4.69) is 16.7 Å². The van der Waals surface area contributed by atoms with Gasteiger partial charge in [0.2, 0.25) is 0 Å². The van der Waals surface area contributed by atoms with Crippen LogP contribution in [0.1, 0.15) is 50.9 Å². The molecule has 0 saturated heterocycles. The zero-order chi connectivity index (χ0) is 21.6. The van der Waals surface area contributed by atoms with Crippen LogP contribution >= 0.6 is 0 Å². The maximum atomic E-state index is 12.6. The van der Waals surface area contributed by atoms with Crippen LogP contribution in [0.4, 0.5) is 5.69 Å². The van der Waals surface area contributed by atoms with Crippen LogP contribution in [0.15, 0.2) is 71.3 Å². The second-order valence-electron chi connectivity index (χ2n) is 7.26. The fourth-order valence-corrected chi connectivity index (χ4v) is 3.71. The minimum absolute atomic E-state index is 0.0870. The highest BCUT2D eigenvalue weighted by Crippen LogP contribution is 2.29. The van der Waals surface area contributed by atoms with Crippen molar-refractivity contribution in [3.63, 3.8) is 0 Å². The van der Waals surface area contributed by atoms with Crippen LogP contribution in [0.2, 0.25) is 0 Å². The van der Waals surface area contributed by atoms with E-state index in [9.17, 15) is 14.4 Å². The van der Waals surface area contributed by atoms with Crippen LogP contribution in [-0.4, -0.2) is 24.4 Å². The molecular formula is C24H22N2O5. The van der Waals surface area contributed by atoms with Gasteiger partial charge in [0.25, 0.3) is 11.8 Å². The van der Waals surface area contributed by atoms with E-state index in [4.69, 9.17) is 9.15 Å². The number of hydrogen-bond acceptors (Lipinski definition) is 5. The van der Waals surface area contributed by atoms with E-state index in [1.165, 1.54) is 24.0 Å². The lowest BCUT2D eigenvalue weighted by Crippen LogP contribution is -2.34. The molecule has 158 valence electrons. The predicted octanol–water partition coefficient (Wildman–Crippen LogP) is 3.88. The SMILES string of the molecule is O=C(COC(=O)c1ccccc1NC(=O)c1ccco1)NC1CCCc2ccccc21. The van der Waals surface area contributed by atoms with Gasteiger partial charge in [-0.3, -0.25) is 9.59 Å². The number of esters is 1. The predicted molar refractivity (Wildman–Crippen MR) is 114 cm³/mol. The van der Waals surface area contributed by atoms with Gasteiger partial charge in [0.1, 0.15) is 0 Å². The fraction of sp³-hybridized carbons (Fsp3) is 0.208. The number of rotatable bonds is 6. The summed E-state index contributed by atoms with van der Waals surface area (Å²) < 4.78 is 10.3. The smallest absolute Gasteiger partial charge is 0.340 e. The van der Waals surface area contributed by atoms with E-state index >= 15 is 0 Å². The summed E-state index contributed by atoms with van der Waals surface area (Å²) in [6.07, 6.45) is 4.22. The minimum atomic E-state index is -0.700. The third-order valence-corrected chi connectivity index (χ3v) is 5.18. The molecule has 0 aliphatic heterocycles. The van der Waals surface area contributed by atoms with Gasteiger partial charge in [0.15, 0.2) is 12.4 Å². The number of carbonyl (C=O) groups is 3. The van der Waals surface area contributed by atoms with Gasteiger partial charge in [-0.15, -0.1) is 0 Å².